The van der Waals surface area contributed by atoms with Crippen molar-refractivity contribution in [1.29, 1.82) is 0 Å². The SMILES string of the molecule is OC1(O)C=CC(Br)(Br)C=C1c1ccccc1. The minimum Gasteiger partial charge on any atom is -0.359 e. The van der Waals surface area contributed by atoms with E-state index in [0.29, 0.717) is 5.57 Å². The maximum absolute atomic E-state index is 9.88. The lowest BCUT2D eigenvalue weighted by atomic mass is 9.93. The number of hydrogen-bond donors (Lipinski definition) is 2. The van der Waals surface area contributed by atoms with Gasteiger partial charge in [0.2, 0.25) is 5.79 Å². The average Bonchev–Trinajstić information content (AvgIpc) is 2.24. The Bertz CT molecular complexity index is 447. The molecule has 0 spiro atoms. The normalized spacial score (nSPS) is 21.6. The quantitative estimate of drug-likeness (QED) is 0.467. The molecule has 0 aliphatic heterocycles. The summed E-state index contributed by atoms with van der Waals surface area (Å²) < 4.78 is -0.528. The summed E-state index contributed by atoms with van der Waals surface area (Å²) >= 11 is 6.83. The average molecular weight is 346 g/mol. The van der Waals surface area contributed by atoms with Gasteiger partial charge in [-0.2, -0.15) is 0 Å². The molecule has 0 fully saturated rings. The third-order valence-electron chi connectivity index (χ3n) is 2.36. The Balaban J connectivity index is 2.50. The Labute approximate surface area is 111 Å². The van der Waals surface area contributed by atoms with Crippen molar-refractivity contribution in [2.24, 2.45) is 0 Å². The molecule has 84 valence electrons. The predicted octanol–water partition coefficient (Wildman–Crippen LogP) is 2.81. The molecule has 0 amide bonds. The van der Waals surface area contributed by atoms with Gasteiger partial charge in [-0.25, -0.2) is 0 Å². The van der Waals surface area contributed by atoms with Crippen molar-refractivity contribution < 1.29 is 10.2 Å². The van der Waals surface area contributed by atoms with Crippen LogP contribution in [0.4, 0.5) is 0 Å². The summed E-state index contributed by atoms with van der Waals surface area (Å²) in [5.41, 5.74) is 1.23. The van der Waals surface area contributed by atoms with Crippen LogP contribution in [-0.2, 0) is 0 Å². The molecule has 0 heterocycles. The van der Waals surface area contributed by atoms with Crippen molar-refractivity contribution in [2.75, 3.05) is 0 Å². The number of benzene rings is 1. The number of rotatable bonds is 1. The highest BCUT2D eigenvalue weighted by atomic mass is 79.9. The van der Waals surface area contributed by atoms with Gasteiger partial charge in [-0.05, 0) is 17.7 Å². The number of alkyl halides is 2. The van der Waals surface area contributed by atoms with Crippen LogP contribution >= 0.6 is 31.9 Å². The fraction of sp³-hybridized carbons (Fsp3) is 0.167. The van der Waals surface area contributed by atoms with E-state index < -0.39 is 9.02 Å². The summed E-state index contributed by atoms with van der Waals surface area (Å²) in [6.45, 7) is 0. The molecule has 0 bridgehead atoms. The number of aliphatic hydroxyl groups is 2. The molecule has 0 unspecified atom stereocenters. The molecule has 2 N–H and O–H groups in total. The van der Waals surface area contributed by atoms with Gasteiger partial charge in [0.15, 0.2) is 0 Å². The maximum Gasteiger partial charge on any atom is 0.210 e. The van der Waals surface area contributed by atoms with Crippen LogP contribution in [0.25, 0.3) is 5.57 Å². The Hall–Kier alpha value is -0.420. The molecule has 0 saturated carbocycles. The van der Waals surface area contributed by atoms with E-state index in [4.69, 9.17) is 0 Å². The molecule has 0 saturated heterocycles. The molecule has 1 aromatic rings. The van der Waals surface area contributed by atoms with E-state index in [2.05, 4.69) is 31.9 Å². The van der Waals surface area contributed by atoms with E-state index in [1.54, 1.807) is 12.2 Å². The molecule has 4 heteroatoms. The van der Waals surface area contributed by atoms with Crippen LogP contribution in [0.1, 0.15) is 5.56 Å². The van der Waals surface area contributed by atoms with Crippen molar-refractivity contribution in [3.63, 3.8) is 0 Å². The summed E-state index contributed by atoms with van der Waals surface area (Å²) in [5.74, 6) is -1.92. The summed E-state index contributed by atoms with van der Waals surface area (Å²) in [4.78, 5) is 0. The van der Waals surface area contributed by atoms with E-state index >= 15 is 0 Å². The minimum absolute atomic E-state index is 0.448. The summed E-state index contributed by atoms with van der Waals surface area (Å²) in [5, 5.41) is 19.8. The molecule has 2 rings (SSSR count). The lowest BCUT2D eigenvalue weighted by Crippen LogP contribution is -2.31. The van der Waals surface area contributed by atoms with Gasteiger partial charge in [0.05, 0.1) is 0 Å². The Morgan fingerprint density at radius 2 is 1.56 bits per heavy atom. The molecule has 2 nitrogen and oxygen atoms in total. The topological polar surface area (TPSA) is 40.5 Å². The first-order valence-electron chi connectivity index (χ1n) is 4.72. The lowest BCUT2D eigenvalue weighted by molar-refractivity contribution is -0.0655. The molecular weight excluding hydrogens is 336 g/mol. The summed E-state index contributed by atoms with van der Waals surface area (Å²) in [6, 6.07) is 9.27. The number of allylic oxidation sites excluding steroid dienone is 2. The first-order chi connectivity index (χ1) is 7.41. The molecule has 0 radical (unpaired) electrons. The van der Waals surface area contributed by atoms with Gasteiger partial charge in [0.1, 0.15) is 3.23 Å². The minimum atomic E-state index is -1.92. The molecular formula is C12H10Br2O2. The smallest absolute Gasteiger partial charge is 0.210 e. The van der Waals surface area contributed by atoms with Crippen LogP contribution in [-0.4, -0.2) is 19.2 Å². The first kappa shape index (κ1) is 12.0. The van der Waals surface area contributed by atoms with E-state index in [1.165, 1.54) is 6.08 Å². The lowest BCUT2D eigenvalue weighted by Gasteiger charge is -2.29. The molecule has 0 aromatic heterocycles. The first-order valence-corrected chi connectivity index (χ1v) is 6.31. The van der Waals surface area contributed by atoms with Crippen molar-refractivity contribution in [3.05, 3.63) is 54.1 Å². The van der Waals surface area contributed by atoms with Crippen LogP contribution in [0.15, 0.2) is 48.6 Å². The maximum atomic E-state index is 9.88. The number of hydrogen-bond acceptors (Lipinski definition) is 2. The van der Waals surface area contributed by atoms with Crippen LogP contribution in [0.3, 0.4) is 0 Å². The van der Waals surface area contributed by atoms with E-state index in [9.17, 15) is 10.2 Å². The van der Waals surface area contributed by atoms with E-state index in [0.717, 1.165) is 5.56 Å². The van der Waals surface area contributed by atoms with Gasteiger partial charge in [0, 0.05) is 5.57 Å². The van der Waals surface area contributed by atoms with Gasteiger partial charge >= 0.3 is 0 Å². The molecule has 0 atom stereocenters. The standard InChI is InChI=1S/C12H10Br2O2/c13-11(14)6-7-12(15,16)10(8-11)9-4-2-1-3-5-9/h1-8,15-16H. The highest BCUT2D eigenvalue weighted by molar-refractivity contribution is 9.25. The zero-order valence-corrected chi connectivity index (χ0v) is 11.4. The summed E-state index contributed by atoms with van der Waals surface area (Å²) in [6.07, 6.45) is 4.71. The van der Waals surface area contributed by atoms with Crippen LogP contribution in [0.2, 0.25) is 0 Å². The second-order valence-electron chi connectivity index (χ2n) is 3.66. The van der Waals surface area contributed by atoms with Crippen molar-refractivity contribution in [3.8, 4) is 0 Å². The predicted molar refractivity (Wildman–Crippen MR) is 71.3 cm³/mol. The Morgan fingerprint density at radius 1 is 0.938 bits per heavy atom. The second-order valence-corrected chi connectivity index (χ2v) is 7.35. The Kier molecular flexibility index (Phi) is 3.09. The zero-order chi connectivity index (χ0) is 11.8. The summed E-state index contributed by atoms with van der Waals surface area (Å²) in [7, 11) is 0. The third kappa shape index (κ3) is 2.46. The fourth-order valence-corrected chi connectivity index (χ4v) is 2.30. The molecule has 1 aromatic carbocycles. The van der Waals surface area contributed by atoms with E-state index in [-0.39, 0.29) is 0 Å². The molecule has 16 heavy (non-hydrogen) atoms. The van der Waals surface area contributed by atoms with Crippen molar-refractivity contribution >= 4 is 37.4 Å². The van der Waals surface area contributed by atoms with Gasteiger partial charge in [0.25, 0.3) is 0 Å². The van der Waals surface area contributed by atoms with Gasteiger partial charge in [-0.1, -0.05) is 68.3 Å². The number of halogens is 2. The molecule has 1 aliphatic rings. The van der Waals surface area contributed by atoms with Crippen LogP contribution < -0.4 is 0 Å². The van der Waals surface area contributed by atoms with Crippen LogP contribution in [0.5, 0.6) is 0 Å². The van der Waals surface area contributed by atoms with Gasteiger partial charge in [-0.3, -0.25) is 0 Å². The van der Waals surface area contributed by atoms with Gasteiger partial charge < -0.3 is 10.2 Å². The largest absolute Gasteiger partial charge is 0.359 e. The third-order valence-corrected chi connectivity index (χ3v) is 3.34. The monoisotopic (exact) mass is 344 g/mol. The second kappa shape index (κ2) is 4.11. The zero-order valence-electron chi connectivity index (χ0n) is 8.27. The van der Waals surface area contributed by atoms with Crippen molar-refractivity contribution in [1.82, 2.24) is 0 Å². The van der Waals surface area contributed by atoms with E-state index in [1.807, 2.05) is 30.3 Å². The fourth-order valence-electron chi connectivity index (χ4n) is 1.58. The van der Waals surface area contributed by atoms with Gasteiger partial charge in [-0.15, -0.1) is 0 Å². The molecule has 1 aliphatic carbocycles. The highest BCUT2D eigenvalue weighted by Gasteiger charge is 2.34. The van der Waals surface area contributed by atoms with Crippen LogP contribution in [0, 0.1) is 0 Å². The van der Waals surface area contributed by atoms with Crippen molar-refractivity contribution in [2.45, 2.75) is 9.02 Å². The Morgan fingerprint density at radius 3 is 2.19 bits per heavy atom. The highest BCUT2D eigenvalue weighted by Crippen LogP contribution is 2.41.